The normalized spacial score (nSPS) is 22.6. The predicted octanol–water partition coefficient (Wildman–Crippen LogP) is 3.01. The van der Waals surface area contributed by atoms with Crippen LogP contribution in [0.4, 0.5) is 0 Å². The van der Waals surface area contributed by atoms with Gasteiger partial charge in [0.1, 0.15) is 5.75 Å². The molecule has 102 valence electrons. The first kappa shape index (κ1) is 13.7. The van der Waals surface area contributed by atoms with Crippen LogP contribution < -0.4 is 10.1 Å². The molecule has 2 atom stereocenters. The van der Waals surface area contributed by atoms with E-state index in [0.29, 0.717) is 6.04 Å². The molecular formula is C16H21NO2. The van der Waals surface area contributed by atoms with E-state index < -0.39 is 0 Å². The van der Waals surface area contributed by atoms with E-state index in [1.807, 2.05) is 30.3 Å². The van der Waals surface area contributed by atoms with Gasteiger partial charge in [-0.3, -0.25) is 4.79 Å². The molecule has 3 heteroatoms. The third-order valence-electron chi connectivity index (χ3n) is 3.56. The molecule has 1 N–H and O–H groups in total. The lowest BCUT2D eigenvalue weighted by Crippen LogP contribution is -2.31. The number of carbonyl (C=O) groups is 1. The summed E-state index contributed by atoms with van der Waals surface area (Å²) in [5.74, 6) is 1.52. The van der Waals surface area contributed by atoms with Crippen LogP contribution in [0.1, 0.15) is 31.7 Å². The van der Waals surface area contributed by atoms with Crippen molar-refractivity contribution in [3.05, 3.63) is 35.9 Å². The number of rotatable bonds is 4. The Labute approximate surface area is 114 Å². The van der Waals surface area contributed by atoms with Crippen molar-refractivity contribution in [2.24, 2.45) is 5.92 Å². The summed E-state index contributed by atoms with van der Waals surface area (Å²) in [4.78, 5) is 11.8. The van der Waals surface area contributed by atoms with Gasteiger partial charge in [0, 0.05) is 12.1 Å². The molecule has 2 unspecified atom stereocenters. The summed E-state index contributed by atoms with van der Waals surface area (Å²) in [7, 11) is 1.64. The molecule has 1 fully saturated rings. The zero-order valence-electron chi connectivity index (χ0n) is 11.6. The van der Waals surface area contributed by atoms with Gasteiger partial charge in [0.05, 0.1) is 7.11 Å². The molecule has 1 aliphatic carbocycles. The number of carbonyl (C=O) groups excluding carboxylic acids is 1. The fourth-order valence-electron chi connectivity index (χ4n) is 2.50. The van der Waals surface area contributed by atoms with Crippen LogP contribution in [0.15, 0.2) is 30.3 Å². The minimum absolute atomic E-state index is 0.0121. The second kappa shape index (κ2) is 6.41. The van der Waals surface area contributed by atoms with Crippen molar-refractivity contribution in [3.8, 4) is 5.75 Å². The number of ether oxygens (including phenoxy) is 1. The van der Waals surface area contributed by atoms with E-state index in [0.717, 1.165) is 30.1 Å². The molecule has 3 nitrogen and oxygen atoms in total. The van der Waals surface area contributed by atoms with Crippen LogP contribution in [0, 0.1) is 5.92 Å². The zero-order valence-corrected chi connectivity index (χ0v) is 11.6. The van der Waals surface area contributed by atoms with Crippen molar-refractivity contribution in [2.45, 2.75) is 32.2 Å². The van der Waals surface area contributed by atoms with Crippen LogP contribution >= 0.6 is 0 Å². The third-order valence-corrected chi connectivity index (χ3v) is 3.56. The summed E-state index contributed by atoms with van der Waals surface area (Å²) in [6.07, 6.45) is 6.82. The largest absolute Gasteiger partial charge is 0.497 e. The molecule has 0 spiro atoms. The van der Waals surface area contributed by atoms with Crippen LogP contribution in [0.5, 0.6) is 5.75 Å². The Morgan fingerprint density at radius 2 is 2.26 bits per heavy atom. The topological polar surface area (TPSA) is 38.3 Å². The lowest BCUT2D eigenvalue weighted by Gasteiger charge is -2.10. The highest BCUT2D eigenvalue weighted by Gasteiger charge is 2.21. The summed E-state index contributed by atoms with van der Waals surface area (Å²) in [6.45, 7) is 2.23. The quantitative estimate of drug-likeness (QED) is 0.844. The van der Waals surface area contributed by atoms with Gasteiger partial charge in [-0.1, -0.05) is 19.1 Å². The molecule has 0 aliphatic heterocycles. The number of hydrogen-bond donors (Lipinski definition) is 1. The van der Waals surface area contributed by atoms with Crippen LogP contribution in [0.2, 0.25) is 0 Å². The first-order valence-electron chi connectivity index (χ1n) is 6.80. The van der Waals surface area contributed by atoms with Crippen molar-refractivity contribution in [2.75, 3.05) is 7.11 Å². The predicted molar refractivity (Wildman–Crippen MR) is 77.0 cm³/mol. The van der Waals surface area contributed by atoms with Crippen molar-refractivity contribution >= 4 is 12.0 Å². The Balaban J connectivity index is 1.88. The molecular weight excluding hydrogens is 238 g/mol. The van der Waals surface area contributed by atoms with E-state index in [1.54, 1.807) is 13.2 Å². The van der Waals surface area contributed by atoms with Gasteiger partial charge in [-0.25, -0.2) is 0 Å². The summed E-state index contributed by atoms with van der Waals surface area (Å²) in [5.41, 5.74) is 0.967. The standard InChI is InChI=1S/C16H21NO2/c1-12-6-8-14(10-12)17-16(18)9-7-13-4-3-5-15(11-13)19-2/h3-5,7,9,11-12,14H,6,8,10H2,1-2H3,(H,17,18)/b9-7+. The van der Waals surface area contributed by atoms with Gasteiger partial charge in [-0.15, -0.1) is 0 Å². The van der Waals surface area contributed by atoms with Crippen molar-refractivity contribution < 1.29 is 9.53 Å². The second-order valence-electron chi connectivity index (χ2n) is 5.23. The van der Waals surface area contributed by atoms with Gasteiger partial charge in [0.25, 0.3) is 0 Å². The number of hydrogen-bond acceptors (Lipinski definition) is 2. The van der Waals surface area contributed by atoms with E-state index in [9.17, 15) is 4.79 Å². The second-order valence-corrected chi connectivity index (χ2v) is 5.23. The minimum atomic E-state index is -0.0121. The molecule has 1 aromatic carbocycles. The number of amides is 1. The van der Waals surface area contributed by atoms with E-state index in [2.05, 4.69) is 12.2 Å². The molecule has 1 amide bonds. The lowest BCUT2D eigenvalue weighted by atomic mass is 10.1. The highest BCUT2D eigenvalue weighted by atomic mass is 16.5. The average Bonchev–Trinajstić information content (AvgIpc) is 2.82. The molecule has 19 heavy (non-hydrogen) atoms. The van der Waals surface area contributed by atoms with Crippen molar-refractivity contribution in [1.29, 1.82) is 0 Å². The Hall–Kier alpha value is -1.77. The van der Waals surface area contributed by atoms with E-state index in [1.165, 1.54) is 6.42 Å². The first-order chi connectivity index (χ1) is 9.17. The zero-order chi connectivity index (χ0) is 13.7. The Morgan fingerprint density at radius 1 is 1.42 bits per heavy atom. The summed E-state index contributed by atoms with van der Waals surface area (Å²) < 4.78 is 5.15. The molecule has 0 aromatic heterocycles. The van der Waals surface area contributed by atoms with E-state index in [4.69, 9.17) is 4.74 Å². The monoisotopic (exact) mass is 259 g/mol. The number of benzene rings is 1. The summed E-state index contributed by atoms with van der Waals surface area (Å²) in [5, 5.41) is 3.05. The highest BCUT2D eigenvalue weighted by Crippen LogP contribution is 2.24. The smallest absolute Gasteiger partial charge is 0.244 e. The minimum Gasteiger partial charge on any atom is -0.497 e. The number of methoxy groups -OCH3 is 1. The first-order valence-corrected chi connectivity index (χ1v) is 6.80. The Kier molecular flexibility index (Phi) is 4.61. The fourth-order valence-corrected chi connectivity index (χ4v) is 2.50. The molecule has 0 saturated heterocycles. The summed E-state index contributed by atoms with van der Waals surface area (Å²) >= 11 is 0. The molecule has 1 aliphatic rings. The fraction of sp³-hybridized carbons (Fsp3) is 0.438. The maximum absolute atomic E-state index is 11.8. The van der Waals surface area contributed by atoms with Gasteiger partial charge >= 0.3 is 0 Å². The van der Waals surface area contributed by atoms with Gasteiger partial charge < -0.3 is 10.1 Å². The molecule has 1 aromatic rings. The number of nitrogens with one attached hydrogen (secondary N) is 1. The highest BCUT2D eigenvalue weighted by molar-refractivity contribution is 5.91. The molecule has 0 bridgehead atoms. The van der Waals surface area contributed by atoms with E-state index in [-0.39, 0.29) is 5.91 Å². The lowest BCUT2D eigenvalue weighted by molar-refractivity contribution is -0.117. The molecule has 1 saturated carbocycles. The van der Waals surface area contributed by atoms with Crippen LogP contribution in [-0.4, -0.2) is 19.1 Å². The average molecular weight is 259 g/mol. The van der Waals surface area contributed by atoms with Crippen LogP contribution in [-0.2, 0) is 4.79 Å². The van der Waals surface area contributed by atoms with Crippen LogP contribution in [0.25, 0.3) is 6.08 Å². The van der Waals surface area contributed by atoms with Crippen molar-refractivity contribution in [3.63, 3.8) is 0 Å². The third kappa shape index (κ3) is 4.12. The molecule has 2 rings (SSSR count). The SMILES string of the molecule is COc1cccc(/C=C/C(=O)NC2CCC(C)C2)c1. The van der Waals surface area contributed by atoms with Gasteiger partial charge in [-0.2, -0.15) is 0 Å². The van der Waals surface area contributed by atoms with Crippen molar-refractivity contribution in [1.82, 2.24) is 5.32 Å². The maximum Gasteiger partial charge on any atom is 0.244 e. The van der Waals surface area contributed by atoms with Gasteiger partial charge in [0.15, 0.2) is 0 Å². The Morgan fingerprint density at radius 3 is 2.95 bits per heavy atom. The maximum atomic E-state index is 11.8. The summed E-state index contributed by atoms with van der Waals surface area (Å²) in [6, 6.07) is 8.00. The van der Waals surface area contributed by atoms with Gasteiger partial charge in [0.2, 0.25) is 5.91 Å². The molecule has 0 radical (unpaired) electrons. The van der Waals surface area contributed by atoms with E-state index >= 15 is 0 Å². The van der Waals surface area contributed by atoms with Crippen LogP contribution in [0.3, 0.4) is 0 Å². The molecule has 0 heterocycles. The van der Waals surface area contributed by atoms with Gasteiger partial charge in [-0.05, 0) is 49.0 Å². The Bertz CT molecular complexity index is 468.